The van der Waals surface area contributed by atoms with Crippen molar-refractivity contribution in [2.24, 2.45) is 16.7 Å². The zero-order chi connectivity index (χ0) is 27.1. The lowest BCUT2D eigenvalue weighted by molar-refractivity contribution is -0.333. The molecule has 2 saturated carbocycles. The molecule has 4 aliphatic rings. The van der Waals surface area contributed by atoms with Crippen molar-refractivity contribution in [3.05, 3.63) is 47.0 Å². The molecule has 9 atom stereocenters. The van der Waals surface area contributed by atoms with E-state index in [-0.39, 0.29) is 13.0 Å². The van der Waals surface area contributed by atoms with Crippen LogP contribution in [0.25, 0.3) is 0 Å². The van der Waals surface area contributed by atoms with Gasteiger partial charge in [-0.05, 0) is 30.6 Å². The molecule has 1 aliphatic heterocycles. The SMILES string of the molecule is CO[C@H]1C[C@H]2OC[C@@]2(OC(C)=O)[C@H]2[C@H](c3ccccc3)[C@]3(O)C[C@H](O)C(C)=C([C@@H](O)C(=O)[C@]12C)C3(C)C. The van der Waals surface area contributed by atoms with E-state index < -0.39 is 70.0 Å². The molecule has 1 heterocycles. The Kier molecular flexibility index (Phi) is 6.05. The lowest BCUT2D eigenvalue weighted by Gasteiger charge is -2.68. The molecular formula is C29H38O8. The van der Waals surface area contributed by atoms with Crippen LogP contribution in [0, 0.1) is 16.7 Å². The number of rotatable bonds is 3. The molecule has 0 unspecified atom stereocenters. The molecule has 0 radical (unpaired) electrons. The zero-order valence-electron chi connectivity index (χ0n) is 22.4. The standard InChI is InChI=1S/C29H38O8/c1-15-18(31)13-29(34)22(17-10-8-7-9-11-17)24-27(5,25(33)23(32)21(15)26(29,3)4)19(35-6)12-20-28(24,14-36-20)37-16(2)30/h7-11,18-20,22-24,31-32,34H,12-14H2,1-6H3/t18-,19-,20+,22-,23+,24-,27+,28-,29+/m0/s1. The van der Waals surface area contributed by atoms with Gasteiger partial charge in [0, 0.05) is 44.1 Å². The molecule has 0 aromatic heterocycles. The van der Waals surface area contributed by atoms with Crippen LogP contribution in [0.4, 0.5) is 0 Å². The Morgan fingerprint density at radius 1 is 1.14 bits per heavy atom. The first-order valence-corrected chi connectivity index (χ1v) is 13.0. The minimum atomic E-state index is -1.63. The highest BCUT2D eigenvalue weighted by molar-refractivity contribution is 5.93. The second kappa shape index (κ2) is 8.45. The summed E-state index contributed by atoms with van der Waals surface area (Å²) in [6, 6.07) is 9.39. The van der Waals surface area contributed by atoms with Crippen LogP contribution in [0.15, 0.2) is 41.5 Å². The predicted octanol–water partition coefficient (Wildman–Crippen LogP) is 2.29. The molecule has 5 rings (SSSR count). The van der Waals surface area contributed by atoms with Crippen molar-refractivity contribution in [2.45, 2.75) is 89.0 Å². The van der Waals surface area contributed by atoms with Crippen LogP contribution in [0.2, 0.25) is 0 Å². The van der Waals surface area contributed by atoms with Crippen molar-refractivity contribution in [3.8, 4) is 0 Å². The third-order valence-corrected chi connectivity index (χ3v) is 10.2. The highest BCUT2D eigenvalue weighted by Gasteiger charge is 2.76. The molecule has 1 saturated heterocycles. The summed E-state index contributed by atoms with van der Waals surface area (Å²) in [5, 5.41) is 35.8. The average molecular weight is 515 g/mol. The fraction of sp³-hybridized carbons (Fsp3) is 0.655. The van der Waals surface area contributed by atoms with Crippen LogP contribution >= 0.6 is 0 Å². The van der Waals surface area contributed by atoms with Crippen molar-refractivity contribution >= 4 is 11.8 Å². The molecule has 0 amide bonds. The van der Waals surface area contributed by atoms with Gasteiger partial charge in [0.05, 0.1) is 29.8 Å². The van der Waals surface area contributed by atoms with Gasteiger partial charge < -0.3 is 29.5 Å². The molecule has 1 aromatic carbocycles. The molecule has 37 heavy (non-hydrogen) atoms. The van der Waals surface area contributed by atoms with Gasteiger partial charge in [0.1, 0.15) is 12.2 Å². The molecule has 1 aromatic rings. The van der Waals surface area contributed by atoms with Gasteiger partial charge in [-0.3, -0.25) is 9.59 Å². The van der Waals surface area contributed by atoms with Gasteiger partial charge >= 0.3 is 5.97 Å². The van der Waals surface area contributed by atoms with Crippen LogP contribution in [0.1, 0.15) is 58.9 Å². The molecule has 8 heteroatoms. The largest absolute Gasteiger partial charge is 0.454 e. The molecule has 8 nitrogen and oxygen atoms in total. The monoisotopic (exact) mass is 514 g/mol. The maximum absolute atomic E-state index is 14.5. The maximum atomic E-state index is 14.5. The Labute approximate surface area is 217 Å². The third kappa shape index (κ3) is 3.26. The van der Waals surface area contributed by atoms with Gasteiger partial charge in [-0.2, -0.15) is 0 Å². The number of carbonyl (C=O) groups excluding carboxylic acids is 2. The first-order valence-electron chi connectivity index (χ1n) is 13.0. The quantitative estimate of drug-likeness (QED) is 0.415. The van der Waals surface area contributed by atoms with Crippen LogP contribution < -0.4 is 0 Å². The molecule has 0 spiro atoms. The molecule has 3 N–H and O–H groups in total. The lowest BCUT2D eigenvalue weighted by atomic mass is 9.41. The Balaban J connectivity index is 1.91. The van der Waals surface area contributed by atoms with E-state index in [0.29, 0.717) is 17.6 Å². The number of hydrogen-bond acceptors (Lipinski definition) is 8. The van der Waals surface area contributed by atoms with E-state index in [2.05, 4.69) is 0 Å². The van der Waals surface area contributed by atoms with Crippen molar-refractivity contribution in [1.29, 1.82) is 0 Å². The number of esters is 1. The van der Waals surface area contributed by atoms with Crippen molar-refractivity contribution in [3.63, 3.8) is 0 Å². The average Bonchev–Trinajstić information content (AvgIpc) is 2.83. The number of benzene rings is 1. The smallest absolute Gasteiger partial charge is 0.303 e. The summed E-state index contributed by atoms with van der Waals surface area (Å²) < 4.78 is 18.0. The fourth-order valence-corrected chi connectivity index (χ4v) is 8.29. The Morgan fingerprint density at radius 2 is 1.78 bits per heavy atom. The molecule has 3 aliphatic carbocycles. The van der Waals surface area contributed by atoms with Crippen molar-refractivity contribution < 1.29 is 39.1 Å². The van der Waals surface area contributed by atoms with E-state index in [0.717, 1.165) is 5.56 Å². The summed E-state index contributed by atoms with van der Waals surface area (Å²) in [4.78, 5) is 27.1. The second-order valence-electron chi connectivity index (χ2n) is 12.1. The van der Waals surface area contributed by atoms with E-state index in [9.17, 15) is 24.9 Å². The molecule has 3 fully saturated rings. The number of hydrogen-bond donors (Lipinski definition) is 3. The lowest BCUT2D eigenvalue weighted by Crippen LogP contribution is -2.79. The van der Waals surface area contributed by atoms with E-state index in [1.165, 1.54) is 14.0 Å². The molecule has 202 valence electrons. The minimum Gasteiger partial charge on any atom is -0.454 e. The van der Waals surface area contributed by atoms with E-state index in [1.54, 1.807) is 13.8 Å². The number of fused-ring (bicyclic) bond motifs is 5. The first kappa shape index (κ1) is 26.5. The number of aliphatic hydroxyl groups excluding tert-OH is 2. The number of ketones is 1. The maximum Gasteiger partial charge on any atom is 0.303 e. The number of carbonyl (C=O) groups is 2. The summed E-state index contributed by atoms with van der Waals surface area (Å²) in [7, 11) is 1.52. The Morgan fingerprint density at radius 3 is 2.32 bits per heavy atom. The number of Topliss-reactive ketones (excluding diaryl/α,β-unsaturated/α-hetero) is 1. The zero-order valence-corrected chi connectivity index (χ0v) is 22.4. The highest BCUT2D eigenvalue weighted by atomic mass is 16.6. The van der Waals surface area contributed by atoms with Crippen molar-refractivity contribution in [2.75, 3.05) is 13.7 Å². The molecule has 2 bridgehead atoms. The predicted molar refractivity (Wildman–Crippen MR) is 133 cm³/mol. The normalized spacial score (nSPS) is 44.6. The topological polar surface area (TPSA) is 123 Å². The number of aliphatic hydroxyl groups is 3. The molecular weight excluding hydrogens is 476 g/mol. The van der Waals surface area contributed by atoms with Crippen LogP contribution in [-0.4, -0.2) is 76.4 Å². The summed E-state index contributed by atoms with van der Waals surface area (Å²) in [5.74, 6) is -2.57. The van der Waals surface area contributed by atoms with Crippen LogP contribution in [0.3, 0.4) is 0 Å². The fourth-order valence-electron chi connectivity index (χ4n) is 8.29. The van der Waals surface area contributed by atoms with Gasteiger partial charge in [-0.1, -0.05) is 44.2 Å². The summed E-state index contributed by atoms with van der Waals surface area (Å²) in [5.41, 5.74) is -3.74. The summed E-state index contributed by atoms with van der Waals surface area (Å²) in [6.45, 7) is 8.49. The van der Waals surface area contributed by atoms with Crippen LogP contribution in [-0.2, 0) is 23.8 Å². The van der Waals surface area contributed by atoms with Gasteiger partial charge in [0.25, 0.3) is 0 Å². The van der Waals surface area contributed by atoms with Crippen LogP contribution in [0.5, 0.6) is 0 Å². The summed E-state index contributed by atoms with van der Waals surface area (Å²) in [6.07, 6.45) is -3.58. The van der Waals surface area contributed by atoms with Gasteiger partial charge in [0.15, 0.2) is 11.4 Å². The number of ether oxygens (including phenoxy) is 3. The summed E-state index contributed by atoms with van der Waals surface area (Å²) >= 11 is 0. The van der Waals surface area contributed by atoms with E-state index in [4.69, 9.17) is 14.2 Å². The Bertz CT molecular complexity index is 1140. The van der Waals surface area contributed by atoms with Gasteiger partial charge in [-0.25, -0.2) is 0 Å². The van der Waals surface area contributed by atoms with Gasteiger partial charge in [-0.15, -0.1) is 0 Å². The Hall–Kier alpha value is -2.10. The first-order chi connectivity index (χ1) is 17.3. The number of methoxy groups -OCH3 is 1. The van der Waals surface area contributed by atoms with E-state index >= 15 is 0 Å². The highest BCUT2D eigenvalue weighted by Crippen LogP contribution is 2.67. The minimum absolute atomic E-state index is 0.0122. The van der Waals surface area contributed by atoms with Gasteiger partial charge in [0.2, 0.25) is 0 Å². The van der Waals surface area contributed by atoms with Crippen molar-refractivity contribution in [1.82, 2.24) is 0 Å². The second-order valence-corrected chi connectivity index (χ2v) is 12.1. The third-order valence-electron chi connectivity index (χ3n) is 10.2. The van der Waals surface area contributed by atoms with E-state index in [1.807, 2.05) is 44.2 Å².